The molecule has 1 aromatic rings. The SMILES string of the molecule is O=C(NCc1ccco1)N1CCC(N(C(=O)C2CC2)C2CCOCC2)CC1. The predicted octanol–water partition coefficient (Wildman–Crippen LogP) is 2.37. The molecule has 0 aromatic carbocycles. The molecule has 1 N–H and O–H groups in total. The van der Waals surface area contributed by atoms with E-state index in [1.165, 1.54) is 0 Å². The molecule has 7 nitrogen and oxygen atoms in total. The van der Waals surface area contributed by atoms with E-state index in [2.05, 4.69) is 10.2 Å². The second kappa shape index (κ2) is 8.33. The van der Waals surface area contributed by atoms with Crippen LogP contribution in [-0.2, 0) is 16.1 Å². The number of hydrogen-bond donors (Lipinski definition) is 1. The van der Waals surface area contributed by atoms with Crippen molar-refractivity contribution in [3.63, 3.8) is 0 Å². The number of rotatable bonds is 5. The molecule has 1 saturated carbocycles. The Morgan fingerprint density at radius 2 is 1.78 bits per heavy atom. The number of carbonyl (C=O) groups excluding carboxylic acids is 2. The minimum Gasteiger partial charge on any atom is -0.467 e. The van der Waals surface area contributed by atoms with E-state index in [4.69, 9.17) is 9.15 Å². The van der Waals surface area contributed by atoms with Crippen LogP contribution in [0.4, 0.5) is 4.79 Å². The summed E-state index contributed by atoms with van der Waals surface area (Å²) in [5, 5.41) is 2.91. The average molecular weight is 375 g/mol. The molecule has 0 bridgehead atoms. The summed E-state index contributed by atoms with van der Waals surface area (Å²) in [6, 6.07) is 4.15. The van der Waals surface area contributed by atoms with E-state index < -0.39 is 0 Å². The van der Waals surface area contributed by atoms with Gasteiger partial charge in [-0.25, -0.2) is 4.79 Å². The van der Waals surface area contributed by atoms with Crippen molar-refractivity contribution in [1.29, 1.82) is 0 Å². The number of hydrogen-bond acceptors (Lipinski definition) is 4. The van der Waals surface area contributed by atoms with Crippen LogP contribution in [0.25, 0.3) is 0 Å². The van der Waals surface area contributed by atoms with Crippen molar-refractivity contribution in [3.8, 4) is 0 Å². The fourth-order valence-electron chi connectivity index (χ4n) is 4.20. The zero-order valence-corrected chi connectivity index (χ0v) is 15.8. The van der Waals surface area contributed by atoms with Crippen LogP contribution in [-0.4, -0.2) is 60.1 Å². The van der Waals surface area contributed by atoms with Gasteiger partial charge in [0.2, 0.25) is 5.91 Å². The molecule has 3 fully saturated rings. The third-order valence-electron chi connectivity index (χ3n) is 5.90. The van der Waals surface area contributed by atoms with Gasteiger partial charge in [-0.15, -0.1) is 0 Å². The summed E-state index contributed by atoms with van der Waals surface area (Å²) in [4.78, 5) is 29.4. The first-order valence-corrected chi connectivity index (χ1v) is 10.2. The van der Waals surface area contributed by atoms with Crippen LogP contribution in [0.1, 0.15) is 44.3 Å². The van der Waals surface area contributed by atoms with Crippen molar-refractivity contribution >= 4 is 11.9 Å². The zero-order valence-electron chi connectivity index (χ0n) is 15.8. The van der Waals surface area contributed by atoms with Crippen molar-refractivity contribution < 1.29 is 18.7 Å². The number of carbonyl (C=O) groups is 2. The molecule has 7 heteroatoms. The fourth-order valence-corrected chi connectivity index (χ4v) is 4.20. The molecule has 3 amide bonds. The summed E-state index contributed by atoms with van der Waals surface area (Å²) < 4.78 is 10.7. The van der Waals surface area contributed by atoms with Gasteiger partial charge < -0.3 is 24.3 Å². The lowest BCUT2D eigenvalue weighted by Gasteiger charge is -2.43. The van der Waals surface area contributed by atoms with Crippen molar-refractivity contribution in [1.82, 2.24) is 15.1 Å². The first-order chi connectivity index (χ1) is 13.2. The van der Waals surface area contributed by atoms with Crippen LogP contribution in [0.2, 0.25) is 0 Å². The van der Waals surface area contributed by atoms with Crippen LogP contribution in [0.15, 0.2) is 22.8 Å². The third kappa shape index (κ3) is 4.46. The summed E-state index contributed by atoms with van der Waals surface area (Å²) in [7, 11) is 0. The van der Waals surface area contributed by atoms with Gasteiger partial charge in [-0.1, -0.05) is 0 Å². The maximum Gasteiger partial charge on any atom is 0.317 e. The predicted molar refractivity (Wildman–Crippen MR) is 98.9 cm³/mol. The van der Waals surface area contributed by atoms with Crippen LogP contribution in [0, 0.1) is 5.92 Å². The molecule has 27 heavy (non-hydrogen) atoms. The second-order valence-corrected chi connectivity index (χ2v) is 7.82. The van der Waals surface area contributed by atoms with E-state index in [1.807, 2.05) is 17.0 Å². The van der Waals surface area contributed by atoms with Gasteiger partial charge in [0.15, 0.2) is 0 Å². The Labute approximate surface area is 160 Å². The highest BCUT2D eigenvalue weighted by Gasteiger charge is 2.41. The molecule has 3 aliphatic rings. The number of nitrogens with zero attached hydrogens (tertiary/aromatic N) is 2. The Morgan fingerprint density at radius 3 is 2.41 bits per heavy atom. The van der Waals surface area contributed by atoms with Gasteiger partial charge in [-0.3, -0.25) is 4.79 Å². The normalized spacial score (nSPS) is 21.9. The Balaban J connectivity index is 1.31. The topological polar surface area (TPSA) is 75.0 Å². The number of piperidine rings is 1. The molecule has 1 aliphatic carbocycles. The molecule has 0 atom stereocenters. The smallest absolute Gasteiger partial charge is 0.317 e. The highest BCUT2D eigenvalue weighted by Crippen LogP contribution is 2.35. The number of likely N-dealkylation sites (tertiary alicyclic amines) is 1. The minimum absolute atomic E-state index is 0.0593. The molecule has 2 aliphatic heterocycles. The molecular formula is C20H29N3O4. The first-order valence-electron chi connectivity index (χ1n) is 10.2. The fraction of sp³-hybridized carbons (Fsp3) is 0.700. The number of furan rings is 1. The zero-order chi connectivity index (χ0) is 18.6. The highest BCUT2D eigenvalue weighted by atomic mass is 16.5. The highest BCUT2D eigenvalue weighted by molar-refractivity contribution is 5.81. The van der Waals surface area contributed by atoms with E-state index in [1.54, 1.807) is 6.26 Å². The van der Waals surface area contributed by atoms with Gasteiger partial charge in [-0.2, -0.15) is 0 Å². The summed E-state index contributed by atoms with van der Waals surface area (Å²) >= 11 is 0. The summed E-state index contributed by atoms with van der Waals surface area (Å²) in [6.45, 7) is 3.26. The van der Waals surface area contributed by atoms with Gasteiger partial charge in [0.1, 0.15) is 5.76 Å². The van der Waals surface area contributed by atoms with Gasteiger partial charge in [0.05, 0.1) is 12.8 Å². The average Bonchev–Trinajstić information content (AvgIpc) is 3.43. The monoisotopic (exact) mass is 375 g/mol. The van der Waals surface area contributed by atoms with Gasteiger partial charge in [0.25, 0.3) is 0 Å². The van der Waals surface area contributed by atoms with Crippen molar-refractivity contribution in [3.05, 3.63) is 24.2 Å². The number of nitrogens with one attached hydrogen (secondary N) is 1. The van der Waals surface area contributed by atoms with Crippen LogP contribution >= 0.6 is 0 Å². The molecular weight excluding hydrogens is 346 g/mol. The van der Waals surface area contributed by atoms with E-state index >= 15 is 0 Å². The maximum absolute atomic E-state index is 12.9. The largest absolute Gasteiger partial charge is 0.467 e. The van der Waals surface area contributed by atoms with E-state index in [9.17, 15) is 9.59 Å². The lowest BCUT2D eigenvalue weighted by atomic mass is 9.97. The maximum atomic E-state index is 12.9. The lowest BCUT2D eigenvalue weighted by molar-refractivity contribution is -0.141. The summed E-state index contributed by atoms with van der Waals surface area (Å²) in [5.74, 6) is 1.32. The first kappa shape index (κ1) is 18.3. The second-order valence-electron chi connectivity index (χ2n) is 7.82. The van der Waals surface area contributed by atoms with Crippen LogP contribution in [0.5, 0.6) is 0 Å². The number of urea groups is 1. The Kier molecular flexibility index (Phi) is 5.66. The molecule has 0 radical (unpaired) electrons. The molecule has 0 unspecified atom stereocenters. The van der Waals surface area contributed by atoms with Crippen LogP contribution in [0.3, 0.4) is 0 Å². The molecule has 148 valence electrons. The Bertz CT molecular complexity index is 630. The Hall–Kier alpha value is -2.02. The molecule has 0 spiro atoms. The molecule has 2 saturated heterocycles. The quantitative estimate of drug-likeness (QED) is 0.857. The number of amides is 3. The molecule has 1 aromatic heterocycles. The standard InChI is InChI=1S/C20H29N3O4/c24-19(15-3-4-15)23(17-7-12-26-13-8-17)16-5-9-22(10-6-16)20(25)21-14-18-2-1-11-27-18/h1-2,11,15-17H,3-10,12-14H2,(H,21,25). The molecule has 3 heterocycles. The minimum atomic E-state index is -0.0593. The van der Waals surface area contributed by atoms with Crippen LogP contribution < -0.4 is 5.32 Å². The lowest BCUT2D eigenvalue weighted by Crippen LogP contribution is -2.55. The van der Waals surface area contributed by atoms with Gasteiger partial charge in [-0.05, 0) is 50.7 Å². The van der Waals surface area contributed by atoms with Crippen molar-refractivity contribution in [2.75, 3.05) is 26.3 Å². The summed E-state index contributed by atoms with van der Waals surface area (Å²) in [5.41, 5.74) is 0. The Morgan fingerprint density at radius 1 is 1.07 bits per heavy atom. The van der Waals surface area contributed by atoms with Gasteiger partial charge in [0, 0.05) is 44.3 Å². The number of ether oxygens (including phenoxy) is 1. The van der Waals surface area contributed by atoms with Gasteiger partial charge >= 0.3 is 6.03 Å². The van der Waals surface area contributed by atoms with Crippen molar-refractivity contribution in [2.45, 2.75) is 57.2 Å². The van der Waals surface area contributed by atoms with E-state index in [0.717, 1.165) is 57.5 Å². The molecule has 4 rings (SSSR count). The van der Waals surface area contributed by atoms with E-state index in [-0.39, 0.29) is 18.0 Å². The van der Waals surface area contributed by atoms with E-state index in [0.29, 0.717) is 31.6 Å². The van der Waals surface area contributed by atoms with Crippen molar-refractivity contribution in [2.24, 2.45) is 5.92 Å². The summed E-state index contributed by atoms with van der Waals surface area (Å²) in [6.07, 6.45) is 7.24. The third-order valence-corrected chi connectivity index (χ3v) is 5.90.